The number of hydrogen-bond acceptors (Lipinski definition) is 2. The number of halogens is 2. The van der Waals surface area contributed by atoms with Gasteiger partial charge in [-0.1, -0.05) is 35.9 Å². The Morgan fingerprint density at radius 1 is 1.00 bits per heavy atom. The third kappa shape index (κ3) is 5.38. The zero-order chi connectivity index (χ0) is 16.7. The number of benzene rings is 2. The molecule has 0 spiro atoms. The first-order valence-corrected chi connectivity index (χ1v) is 7.48. The molecule has 23 heavy (non-hydrogen) atoms. The summed E-state index contributed by atoms with van der Waals surface area (Å²) in [6.07, 6.45) is 0.588. The van der Waals surface area contributed by atoms with Gasteiger partial charge in [0.25, 0.3) is 5.91 Å². The van der Waals surface area contributed by atoms with Crippen molar-refractivity contribution in [2.45, 2.75) is 6.42 Å². The van der Waals surface area contributed by atoms with Crippen LogP contribution in [0.15, 0.2) is 48.5 Å². The van der Waals surface area contributed by atoms with Crippen molar-refractivity contribution in [1.82, 2.24) is 10.6 Å². The molecule has 0 fully saturated rings. The fourth-order valence-electron chi connectivity index (χ4n) is 1.96. The lowest BCUT2D eigenvalue weighted by Gasteiger charge is -2.08. The molecule has 0 atom stereocenters. The fraction of sp³-hybridized carbons (Fsp3) is 0.176. The van der Waals surface area contributed by atoms with Crippen LogP contribution in [0, 0.1) is 5.82 Å². The Morgan fingerprint density at radius 3 is 2.39 bits per heavy atom. The van der Waals surface area contributed by atoms with Crippen LogP contribution < -0.4 is 10.6 Å². The van der Waals surface area contributed by atoms with E-state index in [1.54, 1.807) is 36.4 Å². The van der Waals surface area contributed by atoms with Crippen LogP contribution in [0.2, 0.25) is 5.02 Å². The molecule has 0 aliphatic carbocycles. The molecule has 2 amide bonds. The van der Waals surface area contributed by atoms with Crippen molar-refractivity contribution in [3.8, 4) is 0 Å². The first-order valence-electron chi connectivity index (χ1n) is 7.10. The number of amides is 2. The maximum Gasteiger partial charge on any atom is 0.253 e. The molecule has 0 aliphatic rings. The number of nitrogens with one attached hydrogen (secondary N) is 2. The van der Waals surface area contributed by atoms with Crippen molar-refractivity contribution in [2.75, 3.05) is 13.1 Å². The molecule has 0 heterocycles. The molecule has 2 N–H and O–H groups in total. The Balaban J connectivity index is 1.72. The van der Waals surface area contributed by atoms with Crippen molar-refractivity contribution in [3.63, 3.8) is 0 Å². The Hall–Kier alpha value is -2.40. The highest BCUT2D eigenvalue weighted by molar-refractivity contribution is 6.33. The molecule has 2 aromatic carbocycles. The second kappa shape index (κ2) is 8.29. The molecule has 120 valence electrons. The molecule has 0 radical (unpaired) electrons. The van der Waals surface area contributed by atoms with Crippen molar-refractivity contribution >= 4 is 23.4 Å². The highest BCUT2D eigenvalue weighted by atomic mass is 35.5. The summed E-state index contributed by atoms with van der Waals surface area (Å²) in [5.74, 6) is -0.989. The Labute approximate surface area is 138 Å². The van der Waals surface area contributed by atoms with Gasteiger partial charge in [0, 0.05) is 6.54 Å². The first-order chi connectivity index (χ1) is 11.1. The van der Waals surface area contributed by atoms with Gasteiger partial charge in [-0.05, 0) is 36.2 Å². The maximum atomic E-state index is 12.8. The summed E-state index contributed by atoms with van der Waals surface area (Å²) in [5.41, 5.74) is 1.25. The highest BCUT2D eigenvalue weighted by Gasteiger charge is 2.10. The quantitative estimate of drug-likeness (QED) is 0.853. The minimum Gasteiger partial charge on any atom is -0.354 e. The molecule has 4 nitrogen and oxygen atoms in total. The summed E-state index contributed by atoms with van der Waals surface area (Å²) in [7, 11) is 0. The van der Waals surface area contributed by atoms with E-state index in [-0.39, 0.29) is 18.3 Å². The van der Waals surface area contributed by atoms with E-state index in [2.05, 4.69) is 10.6 Å². The van der Waals surface area contributed by atoms with Crippen LogP contribution in [-0.4, -0.2) is 24.9 Å². The molecule has 0 saturated carbocycles. The Morgan fingerprint density at radius 2 is 1.70 bits per heavy atom. The van der Waals surface area contributed by atoms with Crippen LogP contribution in [0.25, 0.3) is 0 Å². The SMILES string of the molecule is O=C(CNC(=O)c1ccccc1Cl)NCCc1ccc(F)cc1. The van der Waals surface area contributed by atoms with E-state index in [1.807, 2.05) is 0 Å². The van der Waals surface area contributed by atoms with Crippen molar-refractivity contribution in [1.29, 1.82) is 0 Å². The van der Waals surface area contributed by atoms with E-state index in [4.69, 9.17) is 11.6 Å². The zero-order valence-electron chi connectivity index (χ0n) is 12.3. The van der Waals surface area contributed by atoms with Gasteiger partial charge in [-0.2, -0.15) is 0 Å². The Bertz CT molecular complexity index is 689. The van der Waals surface area contributed by atoms with Crippen LogP contribution in [-0.2, 0) is 11.2 Å². The molecule has 2 rings (SSSR count). The second-order valence-corrected chi connectivity index (χ2v) is 5.30. The van der Waals surface area contributed by atoms with E-state index < -0.39 is 5.91 Å². The summed E-state index contributed by atoms with van der Waals surface area (Å²) in [6, 6.07) is 12.7. The minimum absolute atomic E-state index is 0.131. The molecule has 0 aliphatic heterocycles. The molecule has 6 heteroatoms. The van der Waals surface area contributed by atoms with E-state index in [9.17, 15) is 14.0 Å². The van der Waals surface area contributed by atoms with Crippen LogP contribution in [0.5, 0.6) is 0 Å². The lowest BCUT2D eigenvalue weighted by atomic mass is 10.1. The van der Waals surface area contributed by atoms with Gasteiger partial charge in [0.1, 0.15) is 5.82 Å². The molecule has 0 unspecified atom stereocenters. The summed E-state index contributed by atoms with van der Waals surface area (Å²) in [5, 5.41) is 5.53. The van der Waals surface area contributed by atoms with E-state index in [1.165, 1.54) is 12.1 Å². The predicted octanol–water partition coefficient (Wildman–Crippen LogP) is 2.57. The standard InChI is InChI=1S/C17H16ClFN2O2/c18-15-4-2-1-3-14(15)17(23)21-11-16(22)20-10-9-12-5-7-13(19)8-6-12/h1-8H,9-11H2,(H,20,22)(H,21,23). The number of hydrogen-bond donors (Lipinski definition) is 2. The van der Waals surface area contributed by atoms with E-state index >= 15 is 0 Å². The summed E-state index contributed by atoms with van der Waals surface area (Å²) < 4.78 is 12.8. The molecular formula is C17H16ClFN2O2. The van der Waals surface area contributed by atoms with Gasteiger partial charge in [-0.15, -0.1) is 0 Å². The number of rotatable bonds is 6. The second-order valence-electron chi connectivity index (χ2n) is 4.89. The molecule has 0 aromatic heterocycles. The minimum atomic E-state index is -0.399. The van der Waals surface area contributed by atoms with Gasteiger partial charge in [0.05, 0.1) is 17.1 Å². The van der Waals surface area contributed by atoms with Crippen LogP contribution in [0.4, 0.5) is 4.39 Å². The topological polar surface area (TPSA) is 58.2 Å². The lowest BCUT2D eigenvalue weighted by molar-refractivity contribution is -0.120. The van der Waals surface area contributed by atoms with Gasteiger partial charge in [-0.3, -0.25) is 9.59 Å². The number of carbonyl (C=O) groups excluding carboxylic acids is 2. The Kier molecular flexibility index (Phi) is 6.11. The lowest BCUT2D eigenvalue weighted by Crippen LogP contribution is -2.37. The van der Waals surface area contributed by atoms with Gasteiger partial charge >= 0.3 is 0 Å². The summed E-state index contributed by atoms with van der Waals surface area (Å²) in [6.45, 7) is 0.278. The fourth-order valence-corrected chi connectivity index (χ4v) is 2.18. The van der Waals surface area contributed by atoms with Gasteiger partial charge in [0.15, 0.2) is 0 Å². The third-order valence-corrected chi connectivity index (χ3v) is 3.51. The smallest absolute Gasteiger partial charge is 0.253 e. The summed E-state index contributed by atoms with van der Waals surface area (Å²) in [4.78, 5) is 23.6. The number of carbonyl (C=O) groups is 2. The molecule has 0 bridgehead atoms. The van der Waals surface area contributed by atoms with Crippen molar-refractivity contribution in [2.24, 2.45) is 0 Å². The first kappa shape index (κ1) is 17.0. The molecule has 0 saturated heterocycles. The molecular weight excluding hydrogens is 319 g/mol. The average molecular weight is 335 g/mol. The van der Waals surface area contributed by atoms with Gasteiger partial charge in [-0.25, -0.2) is 4.39 Å². The van der Waals surface area contributed by atoms with Crippen LogP contribution >= 0.6 is 11.6 Å². The monoisotopic (exact) mass is 334 g/mol. The normalized spacial score (nSPS) is 10.2. The van der Waals surface area contributed by atoms with Gasteiger partial charge in [0.2, 0.25) is 5.91 Å². The van der Waals surface area contributed by atoms with Crippen LogP contribution in [0.1, 0.15) is 15.9 Å². The zero-order valence-corrected chi connectivity index (χ0v) is 13.1. The largest absolute Gasteiger partial charge is 0.354 e. The molecule has 2 aromatic rings. The van der Waals surface area contributed by atoms with E-state index in [0.29, 0.717) is 23.6 Å². The summed E-state index contributed by atoms with van der Waals surface area (Å²) >= 11 is 5.91. The van der Waals surface area contributed by atoms with Crippen LogP contribution in [0.3, 0.4) is 0 Å². The van der Waals surface area contributed by atoms with E-state index in [0.717, 1.165) is 5.56 Å². The van der Waals surface area contributed by atoms with Crippen molar-refractivity contribution < 1.29 is 14.0 Å². The third-order valence-electron chi connectivity index (χ3n) is 3.18. The maximum absolute atomic E-state index is 12.8. The average Bonchev–Trinajstić information content (AvgIpc) is 2.55. The van der Waals surface area contributed by atoms with Gasteiger partial charge < -0.3 is 10.6 Å². The highest BCUT2D eigenvalue weighted by Crippen LogP contribution is 2.14. The predicted molar refractivity (Wildman–Crippen MR) is 86.9 cm³/mol. The van der Waals surface area contributed by atoms with Crippen molar-refractivity contribution in [3.05, 3.63) is 70.5 Å².